The number of rotatable bonds is 7. The maximum Gasteiger partial charge on any atom is 0.412 e. The number of carboxylic acid groups (broad SMARTS) is 1. The molecule has 0 fully saturated rings. The number of anilines is 1. The van der Waals surface area contributed by atoms with E-state index in [4.69, 9.17) is 14.6 Å². The van der Waals surface area contributed by atoms with Crippen molar-refractivity contribution in [1.29, 1.82) is 0 Å². The Hall–Kier alpha value is -2.50. The maximum atomic E-state index is 11.4. The van der Waals surface area contributed by atoms with Crippen LogP contribution in [-0.2, 0) is 9.53 Å². The molecule has 0 spiro atoms. The lowest BCUT2D eigenvalue weighted by atomic mass is 10.3. The molecule has 0 aromatic heterocycles. The Bertz CT molecular complexity index is 458. The first-order chi connectivity index (χ1) is 9.13. The number of aliphatic carboxylic acids is 1. The van der Waals surface area contributed by atoms with Crippen LogP contribution in [0.15, 0.2) is 36.9 Å². The molecule has 0 radical (unpaired) electrons. The minimum absolute atomic E-state index is 0.0235. The van der Waals surface area contributed by atoms with E-state index >= 15 is 0 Å². The SMILES string of the molecule is C=CCOC(=O)Nc1ccccc1OCCC(=O)O. The van der Waals surface area contributed by atoms with Crippen LogP contribution in [0.2, 0.25) is 0 Å². The van der Waals surface area contributed by atoms with Gasteiger partial charge in [0.2, 0.25) is 0 Å². The molecule has 1 amide bonds. The first-order valence-corrected chi connectivity index (χ1v) is 5.61. The number of carbonyl (C=O) groups excluding carboxylic acids is 1. The Kier molecular flexibility index (Phi) is 5.94. The lowest BCUT2D eigenvalue weighted by Crippen LogP contribution is -2.15. The van der Waals surface area contributed by atoms with Gasteiger partial charge >= 0.3 is 12.1 Å². The van der Waals surface area contributed by atoms with Crippen LogP contribution in [0.4, 0.5) is 10.5 Å². The van der Waals surface area contributed by atoms with Crippen LogP contribution in [0.5, 0.6) is 5.75 Å². The monoisotopic (exact) mass is 265 g/mol. The van der Waals surface area contributed by atoms with Gasteiger partial charge in [-0.05, 0) is 12.1 Å². The largest absolute Gasteiger partial charge is 0.491 e. The molecule has 0 aliphatic rings. The molecule has 1 rings (SSSR count). The second kappa shape index (κ2) is 7.75. The van der Waals surface area contributed by atoms with Crippen molar-refractivity contribution in [3.8, 4) is 5.75 Å². The third-order valence-corrected chi connectivity index (χ3v) is 2.03. The molecular formula is C13H15NO5. The van der Waals surface area contributed by atoms with Crippen LogP contribution in [0.3, 0.4) is 0 Å². The van der Waals surface area contributed by atoms with E-state index in [9.17, 15) is 9.59 Å². The Balaban J connectivity index is 2.59. The molecule has 102 valence electrons. The molecule has 0 aliphatic heterocycles. The molecule has 19 heavy (non-hydrogen) atoms. The average Bonchev–Trinajstić information content (AvgIpc) is 2.38. The summed E-state index contributed by atoms with van der Waals surface area (Å²) < 4.78 is 10.1. The number of carboxylic acids is 1. The Morgan fingerprint density at radius 1 is 1.37 bits per heavy atom. The van der Waals surface area contributed by atoms with Crippen LogP contribution in [0.25, 0.3) is 0 Å². The standard InChI is InChI=1S/C13H15NO5/c1-2-8-19-13(17)14-10-5-3-4-6-11(10)18-9-7-12(15)16/h2-6H,1,7-9H2,(H,14,17)(H,15,16). The molecule has 0 atom stereocenters. The average molecular weight is 265 g/mol. The summed E-state index contributed by atoms with van der Waals surface area (Å²) in [7, 11) is 0. The summed E-state index contributed by atoms with van der Waals surface area (Å²) in [6.07, 6.45) is 0.707. The molecule has 0 heterocycles. The summed E-state index contributed by atoms with van der Waals surface area (Å²) in [6.45, 7) is 3.56. The van der Waals surface area contributed by atoms with Gasteiger partial charge in [0.25, 0.3) is 0 Å². The summed E-state index contributed by atoms with van der Waals surface area (Å²) in [5.41, 5.74) is 0.418. The van der Waals surface area contributed by atoms with Crippen molar-refractivity contribution in [3.63, 3.8) is 0 Å². The van der Waals surface area contributed by atoms with Crippen LogP contribution >= 0.6 is 0 Å². The van der Waals surface area contributed by atoms with E-state index in [2.05, 4.69) is 11.9 Å². The molecule has 0 saturated heterocycles. The van der Waals surface area contributed by atoms with E-state index in [1.165, 1.54) is 6.08 Å². The zero-order valence-corrected chi connectivity index (χ0v) is 10.3. The maximum absolute atomic E-state index is 11.4. The second-order valence-corrected chi connectivity index (χ2v) is 3.50. The van der Waals surface area contributed by atoms with Gasteiger partial charge in [-0.3, -0.25) is 10.1 Å². The van der Waals surface area contributed by atoms with E-state index in [0.29, 0.717) is 11.4 Å². The van der Waals surface area contributed by atoms with E-state index in [1.54, 1.807) is 24.3 Å². The van der Waals surface area contributed by atoms with Gasteiger partial charge in [0.05, 0.1) is 18.7 Å². The van der Waals surface area contributed by atoms with E-state index in [-0.39, 0.29) is 19.6 Å². The fraction of sp³-hybridized carbons (Fsp3) is 0.231. The molecule has 0 aliphatic carbocycles. The normalized spacial score (nSPS) is 9.47. The summed E-state index contributed by atoms with van der Waals surface area (Å²) in [5, 5.41) is 11.0. The molecule has 6 heteroatoms. The molecular weight excluding hydrogens is 250 g/mol. The van der Waals surface area contributed by atoms with Crippen molar-refractivity contribution >= 4 is 17.7 Å². The number of para-hydroxylation sites is 2. The summed E-state index contributed by atoms with van der Waals surface area (Å²) in [4.78, 5) is 21.8. The van der Waals surface area contributed by atoms with Crippen molar-refractivity contribution < 1.29 is 24.2 Å². The fourth-order valence-electron chi connectivity index (χ4n) is 1.22. The first-order valence-electron chi connectivity index (χ1n) is 5.61. The van der Waals surface area contributed by atoms with Crippen LogP contribution < -0.4 is 10.1 Å². The highest BCUT2D eigenvalue weighted by Crippen LogP contribution is 2.23. The summed E-state index contributed by atoms with van der Waals surface area (Å²) in [5.74, 6) is -0.560. The van der Waals surface area contributed by atoms with Crippen molar-refractivity contribution in [2.75, 3.05) is 18.5 Å². The van der Waals surface area contributed by atoms with Crippen LogP contribution in [0, 0.1) is 0 Å². The molecule has 1 aromatic carbocycles. The zero-order valence-electron chi connectivity index (χ0n) is 10.3. The number of benzene rings is 1. The number of carbonyl (C=O) groups is 2. The van der Waals surface area contributed by atoms with Gasteiger partial charge in [-0.15, -0.1) is 0 Å². The highest BCUT2D eigenvalue weighted by atomic mass is 16.5. The molecule has 6 nitrogen and oxygen atoms in total. The molecule has 0 unspecified atom stereocenters. The molecule has 0 bridgehead atoms. The minimum Gasteiger partial charge on any atom is -0.491 e. The van der Waals surface area contributed by atoms with Gasteiger partial charge in [0, 0.05) is 0 Å². The van der Waals surface area contributed by atoms with E-state index < -0.39 is 12.1 Å². The Morgan fingerprint density at radius 2 is 2.11 bits per heavy atom. The zero-order chi connectivity index (χ0) is 14.1. The third kappa shape index (κ3) is 5.58. The minimum atomic E-state index is -0.948. The number of hydrogen-bond donors (Lipinski definition) is 2. The number of amides is 1. The van der Waals surface area contributed by atoms with Gasteiger partial charge in [0.15, 0.2) is 0 Å². The van der Waals surface area contributed by atoms with E-state index in [0.717, 1.165) is 0 Å². The van der Waals surface area contributed by atoms with Crippen molar-refractivity contribution in [3.05, 3.63) is 36.9 Å². The van der Waals surface area contributed by atoms with Gasteiger partial charge in [-0.25, -0.2) is 4.79 Å². The smallest absolute Gasteiger partial charge is 0.412 e. The summed E-state index contributed by atoms with van der Waals surface area (Å²) >= 11 is 0. The predicted molar refractivity (Wildman–Crippen MR) is 69.4 cm³/mol. The van der Waals surface area contributed by atoms with Gasteiger partial charge in [-0.2, -0.15) is 0 Å². The highest BCUT2D eigenvalue weighted by Gasteiger charge is 2.08. The Labute approximate surface area is 110 Å². The Morgan fingerprint density at radius 3 is 2.79 bits per heavy atom. The third-order valence-electron chi connectivity index (χ3n) is 2.03. The number of ether oxygens (including phenoxy) is 2. The van der Waals surface area contributed by atoms with Crippen LogP contribution in [-0.4, -0.2) is 30.4 Å². The predicted octanol–water partition coefficient (Wildman–Crippen LogP) is 2.27. The van der Waals surface area contributed by atoms with Crippen molar-refractivity contribution in [2.45, 2.75) is 6.42 Å². The second-order valence-electron chi connectivity index (χ2n) is 3.50. The van der Waals surface area contributed by atoms with Gasteiger partial charge < -0.3 is 14.6 Å². The van der Waals surface area contributed by atoms with Gasteiger partial charge in [0.1, 0.15) is 12.4 Å². The van der Waals surface area contributed by atoms with E-state index in [1.807, 2.05) is 0 Å². The van der Waals surface area contributed by atoms with Crippen molar-refractivity contribution in [2.24, 2.45) is 0 Å². The van der Waals surface area contributed by atoms with Gasteiger partial charge in [-0.1, -0.05) is 24.8 Å². The van der Waals surface area contributed by atoms with Crippen LogP contribution in [0.1, 0.15) is 6.42 Å². The first kappa shape index (κ1) is 14.6. The topological polar surface area (TPSA) is 84.9 Å². The number of nitrogens with one attached hydrogen (secondary N) is 1. The molecule has 2 N–H and O–H groups in total. The fourth-order valence-corrected chi connectivity index (χ4v) is 1.22. The lowest BCUT2D eigenvalue weighted by molar-refractivity contribution is -0.137. The quantitative estimate of drug-likeness (QED) is 0.739. The highest BCUT2D eigenvalue weighted by molar-refractivity contribution is 5.86. The molecule has 1 aromatic rings. The lowest BCUT2D eigenvalue weighted by Gasteiger charge is -2.11. The molecule has 0 saturated carbocycles. The number of hydrogen-bond acceptors (Lipinski definition) is 4. The van der Waals surface area contributed by atoms with Crippen molar-refractivity contribution in [1.82, 2.24) is 0 Å². The summed E-state index contributed by atoms with van der Waals surface area (Å²) in [6, 6.07) is 6.69.